The number of anilines is 2. The fraction of sp³-hybridized carbons (Fsp3) is 0.0500. The molecule has 0 radical (unpaired) electrons. The first-order valence-corrected chi connectivity index (χ1v) is 10.3. The van der Waals surface area contributed by atoms with Crippen LogP contribution in [-0.4, -0.2) is 8.42 Å². The van der Waals surface area contributed by atoms with Gasteiger partial charge in [0.15, 0.2) is 0 Å². The van der Waals surface area contributed by atoms with Crippen LogP contribution in [0.4, 0.5) is 24.5 Å². The van der Waals surface area contributed by atoms with Crippen LogP contribution in [0.5, 0.6) is 11.5 Å². The molecule has 0 fully saturated rings. The summed E-state index contributed by atoms with van der Waals surface area (Å²) in [6.07, 6.45) is -4.68. The summed E-state index contributed by atoms with van der Waals surface area (Å²) in [5.41, 5.74) is 4.82. The van der Waals surface area contributed by atoms with E-state index in [0.29, 0.717) is 11.8 Å². The number of hydrogen-bond donors (Lipinski definition) is 2. The number of nitriles is 1. The van der Waals surface area contributed by atoms with Crippen LogP contribution < -0.4 is 15.2 Å². The average Bonchev–Trinajstić information content (AvgIpc) is 2.69. The van der Waals surface area contributed by atoms with Crippen LogP contribution in [0.15, 0.2) is 65.6 Å². The lowest BCUT2D eigenvalue weighted by Gasteiger charge is -2.13. The number of halogens is 4. The van der Waals surface area contributed by atoms with Crippen molar-refractivity contribution in [3.8, 4) is 17.6 Å². The second-order valence-corrected chi connectivity index (χ2v) is 8.33. The van der Waals surface area contributed by atoms with Gasteiger partial charge in [-0.15, -0.1) is 0 Å². The Morgan fingerprint density at radius 3 is 2.32 bits per heavy atom. The van der Waals surface area contributed by atoms with Crippen molar-refractivity contribution < 1.29 is 26.3 Å². The summed E-state index contributed by atoms with van der Waals surface area (Å²) >= 11 is 5.58. The Kier molecular flexibility index (Phi) is 6.01. The number of rotatable bonds is 5. The van der Waals surface area contributed by atoms with Crippen LogP contribution in [0, 0.1) is 11.3 Å². The topological polar surface area (TPSA) is 105 Å². The Balaban J connectivity index is 1.87. The summed E-state index contributed by atoms with van der Waals surface area (Å²) in [6, 6.07) is 14.0. The zero-order valence-electron chi connectivity index (χ0n) is 15.4. The Bertz CT molecular complexity index is 1270. The smallest absolute Gasteiger partial charge is 0.417 e. The maximum Gasteiger partial charge on any atom is 0.417 e. The summed E-state index contributed by atoms with van der Waals surface area (Å²) in [4.78, 5) is -0.0404. The molecule has 0 bridgehead atoms. The van der Waals surface area contributed by atoms with Crippen LogP contribution in [0.1, 0.15) is 11.1 Å². The predicted octanol–water partition coefficient (Wildman–Crippen LogP) is 5.41. The number of nitrogens with zero attached hydrogens (tertiary/aromatic N) is 1. The van der Waals surface area contributed by atoms with E-state index in [1.165, 1.54) is 48.5 Å². The molecule has 0 unspecified atom stereocenters. The van der Waals surface area contributed by atoms with Gasteiger partial charge in [0, 0.05) is 5.69 Å². The van der Waals surface area contributed by atoms with Gasteiger partial charge in [-0.2, -0.15) is 18.4 Å². The molecule has 0 atom stereocenters. The lowest BCUT2D eigenvalue weighted by atomic mass is 10.2. The molecule has 0 saturated carbocycles. The first kappa shape index (κ1) is 22.3. The van der Waals surface area contributed by atoms with Crippen LogP contribution in [0.25, 0.3) is 0 Å². The fourth-order valence-corrected chi connectivity index (χ4v) is 3.82. The predicted molar refractivity (Wildman–Crippen MR) is 109 cm³/mol. The van der Waals surface area contributed by atoms with E-state index in [2.05, 4.69) is 4.72 Å². The molecule has 0 saturated heterocycles. The zero-order valence-corrected chi connectivity index (χ0v) is 17.0. The zero-order chi connectivity index (χ0) is 22.8. The normalized spacial score (nSPS) is 11.6. The summed E-state index contributed by atoms with van der Waals surface area (Å²) in [5.74, 6) is -0.253. The van der Waals surface area contributed by atoms with E-state index in [4.69, 9.17) is 22.1 Å². The number of nitrogen functional groups attached to an aromatic ring is 1. The van der Waals surface area contributed by atoms with Gasteiger partial charge < -0.3 is 10.5 Å². The first-order valence-electron chi connectivity index (χ1n) is 8.47. The number of hydrogen-bond acceptors (Lipinski definition) is 5. The fourth-order valence-electron chi connectivity index (χ4n) is 2.54. The maximum absolute atomic E-state index is 13.0. The molecule has 0 spiro atoms. The molecule has 6 nitrogen and oxygen atoms in total. The van der Waals surface area contributed by atoms with Crippen molar-refractivity contribution in [2.24, 2.45) is 0 Å². The summed E-state index contributed by atoms with van der Waals surface area (Å²) < 4.78 is 71.7. The number of benzene rings is 3. The van der Waals surface area contributed by atoms with E-state index in [1.54, 1.807) is 0 Å². The largest absolute Gasteiger partial charge is 0.456 e. The number of nitrogens with two attached hydrogens (primary N) is 1. The molecule has 3 rings (SSSR count). The van der Waals surface area contributed by atoms with Crippen LogP contribution in [-0.2, 0) is 16.2 Å². The molecule has 0 aliphatic carbocycles. The molecular formula is C20H13ClF3N3O3S. The highest BCUT2D eigenvalue weighted by molar-refractivity contribution is 7.92. The SMILES string of the molecule is N#Cc1cc(NS(=O)(=O)c2ccc(N)cc2)ccc1Oc1ccc(Cl)c(C(F)(F)F)c1. The number of nitrogens with one attached hydrogen (secondary N) is 1. The molecule has 11 heteroatoms. The van der Waals surface area contributed by atoms with Crippen LogP contribution >= 0.6 is 11.6 Å². The second kappa shape index (κ2) is 8.37. The van der Waals surface area contributed by atoms with E-state index in [-0.39, 0.29) is 27.6 Å². The van der Waals surface area contributed by atoms with Gasteiger partial charge in [0.25, 0.3) is 10.0 Å². The average molecular weight is 468 g/mol. The van der Waals surface area contributed by atoms with Crippen molar-refractivity contribution in [3.63, 3.8) is 0 Å². The monoisotopic (exact) mass is 467 g/mol. The van der Waals surface area contributed by atoms with Gasteiger partial charge >= 0.3 is 6.18 Å². The lowest BCUT2D eigenvalue weighted by molar-refractivity contribution is -0.137. The van der Waals surface area contributed by atoms with Crippen molar-refractivity contribution in [3.05, 3.63) is 76.8 Å². The van der Waals surface area contributed by atoms with Gasteiger partial charge in [-0.3, -0.25) is 4.72 Å². The summed E-state index contributed by atoms with van der Waals surface area (Å²) in [7, 11) is -3.95. The molecular weight excluding hydrogens is 455 g/mol. The third-order valence-corrected chi connectivity index (χ3v) is 5.74. The Labute approximate surface area is 180 Å². The van der Waals surface area contributed by atoms with E-state index in [9.17, 15) is 26.9 Å². The maximum atomic E-state index is 13.0. The highest BCUT2D eigenvalue weighted by Crippen LogP contribution is 2.38. The third kappa shape index (κ3) is 5.20. The molecule has 0 aromatic heterocycles. The molecule has 3 aromatic carbocycles. The number of ether oxygens (including phenoxy) is 1. The Morgan fingerprint density at radius 2 is 1.71 bits per heavy atom. The van der Waals surface area contributed by atoms with Gasteiger partial charge in [-0.05, 0) is 60.7 Å². The first-order chi connectivity index (χ1) is 14.5. The standard InChI is InChI=1S/C20H13ClF3N3O3S/c21-18-7-4-15(10-17(18)20(22,23)24)30-19-8-3-14(9-12(19)11-25)27-31(28,29)16-5-1-13(26)2-6-16/h1-10,27H,26H2. The van der Waals surface area contributed by atoms with Gasteiger partial charge in [-0.25, -0.2) is 8.42 Å². The molecule has 3 aromatic rings. The minimum Gasteiger partial charge on any atom is -0.456 e. The van der Waals surface area contributed by atoms with Crippen molar-refractivity contribution in [2.75, 3.05) is 10.5 Å². The van der Waals surface area contributed by atoms with Crippen molar-refractivity contribution >= 4 is 33.0 Å². The molecule has 160 valence electrons. The van der Waals surface area contributed by atoms with E-state index < -0.39 is 26.8 Å². The van der Waals surface area contributed by atoms with Gasteiger partial charge in [0.1, 0.15) is 17.6 Å². The van der Waals surface area contributed by atoms with Gasteiger partial charge in [0.05, 0.1) is 26.7 Å². The summed E-state index contributed by atoms with van der Waals surface area (Å²) in [6.45, 7) is 0. The van der Waals surface area contributed by atoms with Crippen molar-refractivity contribution in [1.82, 2.24) is 0 Å². The van der Waals surface area contributed by atoms with Crippen LogP contribution in [0.2, 0.25) is 5.02 Å². The molecule has 0 aliphatic rings. The van der Waals surface area contributed by atoms with Gasteiger partial charge in [0.2, 0.25) is 0 Å². The molecule has 31 heavy (non-hydrogen) atoms. The highest BCUT2D eigenvalue weighted by atomic mass is 35.5. The Hall–Kier alpha value is -3.42. The number of sulfonamides is 1. The molecule has 3 N–H and O–H groups in total. The third-order valence-electron chi connectivity index (χ3n) is 4.01. The summed E-state index contributed by atoms with van der Waals surface area (Å²) in [5, 5.41) is 8.88. The molecule has 0 aliphatic heterocycles. The highest BCUT2D eigenvalue weighted by Gasteiger charge is 2.33. The molecule has 0 heterocycles. The second-order valence-electron chi connectivity index (χ2n) is 6.24. The van der Waals surface area contributed by atoms with Gasteiger partial charge in [-0.1, -0.05) is 11.6 Å². The van der Waals surface area contributed by atoms with Crippen molar-refractivity contribution in [1.29, 1.82) is 5.26 Å². The quantitative estimate of drug-likeness (QED) is 0.488. The number of alkyl halides is 3. The minimum atomic E-state index is -4.68. The lowest BCUT2D eigenvalue weighted by Crippen LogP contribution is -2.13. The van der Waals surface area contributed by atoms with E-state index >= 15 is 0 Å². The van der Waals surface area contributed by atoms with E-state index in [0.717, 1.165) is 6.07 Å². The van der Waals surface area contributed by atoms with Crippen LogP contribution in [0.3, 0.4) is 0 Å². The molecule has 0 amide bonds. The van der Waals surface area contributed by atoms with Crippen molar-refractivity contribution in [2.45, 2.75) is 11.1 Å². The minimum absolute atomic E-state index is 0.0404. The Morgan fingerprint density at radius 1 is 1.03 bits per heavy atom. The van der Waals surface area contributed by atoms with E-state index in [1.807, 2.05) is 6.07 Å².